The first-order valence-corrected chi connectivity index (χ1v) is 8.23. The first kappa shape index (κ1) is 17.5. The second kappa shape index (κ2) is 6.86. The summed E-state index contributed by atoms with van der Waals surface area (Å²) in [7, 11) is 0. The van der Waals surface area contributed by atoms with E-state index in [1.165, 1.54) is 6.92 Å². The van der Waals surface area contributed by atoms with Crippen LogP contribution >= 0.6 is 23.2 Å². The maximum absolute atomic E-state index is 12.4. The van der Waals surface area contributed by atoms with Gasteiger partial charge in [-0.25, -0.2) is 4.79 Å². The summed E-state index contributed by atoms with van der Waals surface area (Å²) in [5.74, 6) is -1.70. The molecule has 0 saturated heterocycles. The van der Waals surface area contributed by atoms with Crippen LogP contribution in [0.5, 0.6) is 0 Å². The Morgan fingerprint density at radius 1 is 1.08 bits per heavy atom. The van der Waals surface area contributed by atoms with Crippen molar-refractivity contribution in [3.8, 4) is 0 Å². The van der Waals surface area contributed by atoms with Crippen molar-refractivity contribution in [1.82, 2.24) is 4.90 Å². The van der Waals surface area contributed by atoms with E-state index < -0.39 is 23.8 Å². The van der Waals surface area contributed by atoms with Crippen molar-refractivity contribution >= 4 is 41.0 Å². The molecule has 0 saturated carbocycles. The molecule has 128 valence electrons. The highest BCUT2D eigenvalue weighted by atomic mass is 35.5. The number of esters is 1. The minimum Gasteiger partial charge on any atom is -0.459 e. The average molecular weight is 378 g/mol. The van der Waals surface area contributed by atoms with Crippen molar-refractivity contribution in [2.24, 2.45) is 0 Å². The van der Waals surface area contributed by atoms with E-state index in [9.17, 15) is 14.4 Å². The second-order valence-electron chi connectivity index (χ2n) is 5.55. The smallest absolute Gasteiger partial charge is 0.329 e. The van der Waals surface area contributed by atoms with E-state index in [-0.39, 0.29) is 17.7 Å². The minimum absolute atomic E-state index is 0.0810. The lowest BCUT2D eigenvalue weighted by atomic mass is 10.1. The number of hydrogen-bond donors (Lipinski definition) is 0. The highest BCUT2D eigenvalue weighted by Crippen LogP contribution is 2.25. The van der Waals surface area contributed by atoms with Crippen LogP contribution in [0.3, 0.4) is 0 Å². The van der Waals surface area contributed by atoms with Crippen molar-refractivity contribution in [2.75, 3.05) is 0 Å². The third kappa shape index (κ3) is 3.25. The molecule has 25 heavy (non-hydrogen) atoms. The zero-order valence-corrected chi connectivity index (χ0v) is 14.7. The lowest BCUT2D eigenvalue weighted by Crippen LogP contribution is -2.43. The Kier molecular flexibility index (Phi) is 4.79. The van der Waals surface area contributed by atoms with Gasteiger partial charge in [0.05, 0.1) is 11.1 Å². The van der Waals surface area contributed by atoms with Gasteiger partial charge < -0.3 is 4.74 Å². The molecule has 2 aromatic carbocycles. The molecule has 0 aliphatic carbocycles. The third-order valence-corrected chi connectivity index (χ3v) is 4.53. The van der Waals surface area contributed by atoms with Gasteiger partial charge in [0.15, 0.2) is 0 Å². The minimum atomic E-state index is -1.04. The maximum Gasteiger partial charge on any atom is 0.329 e. The Morgan fingerprint density at radius 2 is 1.68 bits per heavy atom. The number of ether oxygens (including phenoxy) is 1. The molecule has 0 fully saturated rings. The predicted octanol–water partition coefficient (Wildman–Crippen LogP) is 3.72. The van der Waals surface area contributed by atoms with E-state index >= 15 is 0 Å². The standard InChI is InChI=1S/C18H13Cl2NO4/c1-10(18(24)25-9-11-6-7-12(19)8-15(11)20)21-16(22)13-4-2-3-5-14(13)17(21)23/h2-8,10H,9H2,1H3. The molecular formula is C18H13Cl2NO4. The van der Waals surface area contributed by atoms with Gasteiger partial charge >= 0.3 is 5.97 Å². The maximum atomic E-state index is 12.4. The summed E-state index contributed by atoms with van der Waals surface area (Å²) in [6.07, 6.45) is 0. The molecule has 1 heterocycles. The zero-order valence-electron chi connectivity index (χ0n) is 13.2. The number of fused-ring (bicyclic) bond motifs is 1. The number of amides is 2. The molecular weight excluding hydrogens is 365 g/mol. The van der Waals surface area contributed by atoms with Gasteiger partial charge in [-0.05, 0) is 31.2 Å². The number of imide groups is 1. The van der Waals surface area contributed by atoms with Crippen molar-refractivity contribution in [1.29, 1.82) is 0 Å². The summed E-state index contributed by atoms with van der Waals surface area (Å²) in [4.78, 5) is 38.0. The predicted molar refractivity (Wildman–Crippen MR) is 92.7 cm³/mol. The van der Waals surface area contributed by atoms with Crippen molar-refractivity contribution < 1.29 is 19.1 Å². The van der Waals surface area contributed by atoms with E-state index in [2.05, 4.69) is 0 Å². The van der Waals surface area contributed by atoms with Crippen LogP contribution in [0, 0.1) is 0 Å². The number of carbonyl (C=O) groups is 3. The van der Waals surface area contributed by atoms with Crippen molar-refractivity contribution in [2.45, 2.75) is 19.6 Å². The number of benzene rings is 2. The van der Waals surface area contributed by atoms with Gasteiger partial charge in [0.1, 0.15) is 12.6 Å². The van der Waals surface area contributed by atoms with Crippen LogP contribution in [0.25, 0.3) is 0 Å². The molecule has 0 bridgehead atoms. The van der Waals surface area contributed by atoms with Crippen LogP contribution < -0.4 is 0 Å². The number of nitrogens with zero attached hydrogens (tertiary/aromatic N) is 1. The first-order valence-electron chi connectivity index (χ1n) is 7.47. The Morgan fingerprint density at radius 3 is 2.24 bits per heavy atom. The van der Waals surface area contributed by atoms with Crippen molar-refractivity contribution in [3.63, 3.8) is 0 Å². The van der Waals surface area contributed by atoms with E-state index in [1.807, 2.05) is 0 Å². The molecule has 5 nitrogen and oxygen atoms in total. The highest BCUT2D eigenvalue weighted by molar-refractivity contribution is 6.35. The van der Waals surface area contributed by atoms with Crippen LogP contribution in [-0.2, 0) is 16.1 Å². The fourth-order valence-electron chi connectivity index (χ4n) is 2.57. The van der Waals surface area contributed by atoms with Crippen LogP contribution in [0.1, 0.15) is 33.2 Å². The molecule has 0 aromatic heterocycles. The molecule has 1 unspecified atom stereocenters. The summed E-state index contributed by atoms with van der Waals surface area (Å²) in [5, 5.41) is 0.841. The summed E-state index contributed by atoms with van der Waals surface area (Å²) < 4.78 is 5.21. The van der Waals surface area contributed by atoms with E-state index in [4.69, 9.17) is 27.9 Å². The Hall–Kier alpha value is -2.37. The molecule has 7 heteroatoms. The average Bonchev–Trinajstić information content (AvgIpc) is 2.85. The normalized spacial score (nSPS) is 14.4. The fraction of sp³-hybridized carbons (Fsp3) is 0.167. The lowest BCUT2D eigenvalue weighted by Gasteiger charge is -2.21. The second-order valence-corrected chi connectivity index (χ2v) is 6.39. The molecule has 2 aromatic rings. The van der Waals surface area contributed by atoms with Gasteiger partial charge in [-0.15, -0.1) is 0 Å². The summed E-state index contributed by atoms with van der Waals surface area (Å²) in [6.45, 7) is 1.37. The quantitative estimate of drug-likeness (QED) is 0.601. The Bertz CT molecular complexity index is 846. The van der Waals surface area contributed by atoms with Gasteiger partial charge in [0, 0.05) is 15.6 Å². The molecule has 1 aliphatic heterocycles. The van der Waals surface area contributed by atoms with Gasteiger partial charge in [-0.1, -0.05) is 41.4 Å². The fourth-order valence-corrected chi connectivity index (χ4v) is 3.04. The summed E-state index contributed by atoms with van der Waals surface area (Å²) in [5.41, 5.74) is 1.15. The molecule has 3 rings (SSSR count). The van der Waals surface area contributed by atoms with Gasteiger partial charge in [0.2, 0.25) is 0 Å². The van der Waals surface area contributed by atoms with Crippen molar-refractivity contribution in [3.05, 3.63) is 69.2 Å². The zero-order chi connectivity index (χ0) is 18.1. The SMILES string of the molecule is CC(C(=O)OCc1ccc(Cl)cc1Cl)N1C(=O)c2ccccc2C1=O. The molecule has 1 aliphatic rings. The lowest BCUT2D eigenvalue weighted by molar-refractivity contribution is -0.149. The van der Waals surface area contributed by atoms with Gasteiger partial charge in [-0.2, -0.15) is 0 Å². The van der Waals surface area contributed by atoms with Gasteiger partial charge in [-0.3, -0.25) is 14.5 Å². The van der Waals surface area contributed by atoms with Crippen LogP contribution in [0.4, 0.5) is 0 Å². The van der Waals surface area contributed by atoms with Crippen LogP contribution in [0.15, 0.2) is 42.5 Å². The summed E-state index contributed by atoms with van der Waals surface area (Å²) >= 11 is 11.9. The third-order valence-electron chi connectivity index (χ3n) is 3.94. The van der Waals surface area contributed by atoms with Gasteiger partial charge in [0.25, 0.3) is 11.8 Å². The molecule has 0 radical (unpaired) electrons. The summed E-state index contributed by atoms with van der Waals surface area (Å²) in [6, 6.07) is 10.2. The molecule has 2 amide bonds. The van der Waals surface area contributed by atoms with Crippen LogP contribution in [-0.4, -0.2) is 28.7 Å². The van der Waals surface area contributed by atoms with Crippen LogP contribution in [0.2, 0.25) is 10.0 Å². The molecule has 1 atom stereocenters. The molecule has 0 spiro atoms. The monoisotopic (exact) mass is 377 g/mol. The highest BCUT2D eigenvalue weighted by Gasteiger charge is 2.41. The van der Waals surface area contributed by atoms with E-state index in [1.54, 1.807) is 42.5 Å². The number of rotatable bonds is 4. The van der Waals surface area contributed by atoms with E-state index in [0.29, 0.717) is 15.6 Å². The molecule has 0 N–H and O–H groups in total. The Labute approximate surface area is 154 Å². The Balaban J connectivity index is 1.71. The number of carbonyl (C=O) groups excluding carboxylic acids is 3. The topological polar surface area (TPSA) is 63.7 Å². The number of halogens is 2. The van der Waals surface area contributed by atoms with E-state index in [0.717, 1.165) is 4.90 Å². The largest absolute Gasteiger partial charge is 0.459 e. The first-order chi connectivity index (χ1) is 11.9. The number of hydrogen-bond acceptors (Lipinski definition) is 4.